The highest BCUT2D eigenvalue weighted by Gasteiger charge is 2.22. The van der Waals surface area contributed by atoms with Gasteiger partial charge in [0.2, 0.25) is 0 Å². The van der Waals surface area contributed by atoms with Crippen molar-refractivity contribution in [1.29, 1.82) is 0 Å². The molecule has 0 aliphatic carbocycles. The van der Waals surface area contributed by atoms with Crippen molar-refractivity contribution in [2.75, 3.05) is 13.1 Å². The van der Waals surface area contributed by atoms with E-state index in [-0.39, 0.29) is 0 Å². The summed E-state index contributed by atoms with van der Waals surface area (Å²) in [7, 11) is 0. The Morgan fingerprint density at radius 2 is 1.59 bits per heavy atom. The van der Waals surface area contributed by atoms with Gasteiger partial charge in [0.25, 0.3) is 0 Å². The molecule has 0 spiro atoms. The van der Waals surface area contributed by atoms with E-state index in [0.29, 0.717) is 12.0 Å². The van der Waals surface area contributed by atoms with Gasteiger partial charge in [-0.2, -0.15) is 0 Å². The van der Waals surface area contributed by atoms with E-state index < -0.39 is 0 Å². The molecule has 2 aromatic carbocycles. The molecule has 0 saturated carbocycles. The maximum Gasteiger partial charge on any atom is 0.0406 e. The second-order valence-electron chi connectivity index (χ2n) is 7.87. The standard InChI is InChI=1S/C15H24N2.C9H11Cl/c1-4-10-17(13(2)3)16-11-9-14-7-5-6-8-15(14)12-16;1-7(2)8-3-5-9(10)6-4-8/h5-8,13H,4,9-12H2,1-3H3;3-7H,1-2H3. The number of benzene rings is 2. The van der Waals surface area contributed by atoms with Gasteiger partial charge in [-0.25, -0.2) is 10.0 Å². The van der Waals surface area contributed by atoms with Crippen molar-refractivity contribution in [2.24, 2.45) is 0 Å². The molecule has 0 bridgehead atoms. The molecule has 3 heteroatoms. The number of hydrogen-bond donors (Lipinski definition) is 0. The Bertz CT molecular complexity index is 679. The molecule has 1 aliphatic heterocycles. The van der Waals surface area contributed by atoms with Gasteiger partial charge < -0.3 is 0 Å². The van der Waals surface area contributed by atoms with Gasteiger partial charge in [0.05, 0.1) is 0 Å². The third-order valence-electron chi connectivity index (χ3n) is 5.06. The number of fused-ring (bicyclic) bond motifs is 1. The fourth-order valence-electron chi connectivity index (χ4n) is 3.50. The maximum atomic E-state index is 5.72. The summed E-state index contributed by atoms with van der Waals surface area (Å²) in [5.41, 5.74) is 4.37. The highest BCUT2D eigenvalue weighted by molar-refractivity contribution is 6.30. The van der Waals surface area contributed by atoms with E-state index in [2.05, 4.69) is 81.0 Å². The molecule has 0 saturated heterocycles. The van der Waals surface area contributed by atoms with E-state index in [1.807, 2.05) is 12.1 Å². The average molecular weight is 387 g/mol. The third-order valence-corrected chi connectivity index (χ3v) is 5.31. The van der Waals surface area contributed by atoms with E-state index in [0.717, 1.165) is 18.1 Å². The lowest BCUT2D eigenvalue weighted by Crippen LogP contribution is -2.49. The fraction of sp³-hybridized carbons (Fsp3) is 0.500. The molecule has 148 valence electrons. The number of halogens is 1. The topological polar surface area (TPSA) is 6.48 Å². The first-order valence-electron chi connectivity index (χ1n) is 10.3. The van der Waals surface area contributed by atoms with Gasteiger partial charge in [0.1, 0.15) is 0 Å². The van der Waals surface area contributed by atoms with Crippen LogP contribution < -0.4 is 0 Å². The van der Waals surface area contributed by atoms with Crippen LogP contribution >= 0.6 is 11.6 Å². The Kier molecular flexibility index (Phi) is 8.82. The number of nitrogens with zero attached hydrogens (tertiary/aromatic N) is 2. The molecule has 1 aliphatic rings. The zero-order valence-corrected chi connectivity index (χ0v) is 18.3. The van der Waals surface area contributed by atoms with Crippen LogP contribution in [-0.4, -0.2) is 29.1 Å². The molecule has 2 aromatic rings. The predicted octanol–water partition coefficient (Wildman–Crippen LogP) is 6.54. The lowest BCUT2D eigenvalue weighted by molar-refractivity contribution is -0.0620. The van der Waals surface area contributed by atoms with Crippen LogP contribution in [0.5, 0.6) is 0 Å². The van der Waals surface area contributed by atoms with Crippen molar-refractivity contribution in [3.8, 4) is 0 Å². The fourth-order valence-corrected chi connectivity index (χ4v) is 3.63. The first-order chi connectivity index (χ1) is 12.9. The van der Waals surface area contributed by atoms with Crippen molar-refractivity contribution in [1.82, 2.24) is 10.0 Å². The zero-order chi connectivity index (χ0) is 19.8. The van der Waals surface area contributed by atoms with Crippen LogP contribution in [0.1, 0.15) is 63.6 Å². The van der Waals surface area contributed by atoms with Gasteiger partial charge >= 0.3 is 0 Å². The monoisotopic (exact) mass is 386 g/mol. The Morgan fingerprint density at radius 3 is 2.15 bits per heavy atom. The van der Waals surface area contributed by atoms with Crippen LogP contribution in [0.15, 0.2) is 48.5 Å². The maximum absolute atomic E-state index is 5.72. The minimum Gasteiger partial charge on any atom is -0.239 e. The van der Waals surface area contributed by atoms with Crippen molar-refractivity contribution < 1.29 is 0 Å². The average Bonchev–Trinajstić information content (AvgIpc) is 2.66. The first kappa shape index (κ1) is 21.9. The molecule has 0 N–H and O–H groups in total. The number of hydrogen-bond acceptors (Lipinski definition) is 2. The van der Waals surface area contributed by atoms with E-state index in [9.17, 15) is 0 Å². The normalized spacial score (nSPS) is 14.3. The molecule has 0 amide bonds. The van der Waals surface area contributed by atoms with Crippen LogP contribution in [0.4, 0.5) is 0 Å². The highest BCUT2D eigenvalue weighted by Crippen LogP contribution is 2.21. The van der Waals surface area contributed by atoms with Gasteiger partial charge in [-0.1, -0.05) is 68.8 Å². The smallest absolute Gasteiger partial charge is 0.0406 e. The predicted molar refractivity (Wildman–Crippen MR) is 118 cm³/mol. The summed E-state index contributed by atoms with van der Waals surface area (Å²) >= 11 is 5.72. The molecule has 0 radical (unpaired) electrons. The number of rotatable bonds is 5. The zero-order valence-electron chi connectivity index (χ0n) is 17.6. The SMILES string of the molecule is CC(C)c1ccc(Cl)cc1.CCCN(C(C)C)N1CCc2ccccc2C1. The van der Waals surface area contributed by atoms with Crippen molar-refractivity contribution in [2.45, 2.75) is 66.0 Å². The lowest BCUT2D eigenvalue weighted by Gasteiger charge is -2.40. The molecule has 0 fully saturated rings. The van der Waals surface area contributed by atoms with E-state index in [1.54, 1.807) is 0 Å². The molecule has 3 rings (SSSR count). The van der Waals surface area contributed by atoms with E-state index in [1.165, 1.54) is 36.1 Å². The van der Waals surface area contributed by atoms with Crippen LogP contribution in [-0.2, 0) is 13.0 Å². The Morgan fingerprint density at radius 1 is 0.963 bits per heavy atom. The summed E-state index contributed by atoms with van der Waals surface area (Å²) in [4.78, 5) is 0. The molecule has 0 unspecified atom stereocenters. The molecular formula is C24H35ClN2. The van der Waals surface area contributed by atoms with Crippen LogP contribution in [0, 0.1) is 0 Å². The second-order valence-corrected chi connectivity index (χ2v) is 8.31. The quantitative estimate of drug-likeness (QED) is 0.575. The second kappa shape index (κ2) is 10.8. The summed E-state index contributed by atoms with van der Waals surface area (Å²) in [6.45, 7) is 14.6. The van der Waals surface area contributed by atoms with Crippen molar-refractivity contribution >= 4 is 11.6 Å². The van der Waals surface area contributed by atoms with Gasteiger partial charge in [-0.15, -0.1) is 0 Å². The molecule has 27 heavy (non-hydrogen) atoms. The summed E-state index contributed by atoms with van der Waals surface area (Å²) in [5.74, 6) is 0.595. The van der Waals surface area contributed by atoms with Crippen LogP contribution in [0.3, 0.4) is 0 Å². The summed E-state index contributed by atoms with van der Waals surface area (Å²) in [5, 5.41) is 5.86. The highest BCUT2D eigenvalue weighted by atomic mass is 35.5. The van der Waals surface area contributed by atoms with Gasteiger partial charge in [-0.05, 0) is 61.4 Å². The van der Waals surface area contributed by atoms with Gasteiger partial charge in [-0.3, -0.25) is 0 Å². The summed E-state index contributed by atoms with van der Waals surface area (Å²) in [6, 6.07) is 17.4. The van der Waals surface area contributed by atoms with Crippen LogP contribution in [0.2, 0.25) is 5.02 Å². The molecule has 1 heterocycles. The molecule has 2 nitrogen and oxygen atoms in total. The Hall–Kier alpha value is -1.35. The Balaban J connectivity index is 0.000000223. The largest absolute Gasteiger partial charge is 0.239 e. The van der Waals surface area contributed by atoms with Crippen molar-refractivity contribution in [3.63, 3.8) is 0 Å². The molecule has 0 aromatic heterocycles. The van der Waals surface area contributed by atoms with Crippen LogP contribution in [0.25, 0.3) is 0 Å². The molecule has 0 atom stereocenters. The minimum absolute atomic E-state index is 0.595. The summed E-state index contributed by atoms with van der Waals surface area (Å²) < 4.78 is 0. The lowest BCUT2D eigenvalue weighted by atomic mass is 10.0. The third kappa shape index (κ3) is 6.64. The van der Waals surface area contributed by atoms with E-state index in [4.69, 9.17) is 11.6 Å². The first-order valence-corrected chi connectivity index (χ1v) is 10.6. The van der Waals surface area contributed by atoms with Crippen molar-refractivity contribution in [3.05, 3.63) is 70.2 Å². The molecular weight excluding hydrogens is 352 g/mol. The minimum atomic E-state index is 0.595. The van der Waals surface area contributed by atoms with E-state index >= 15 is 0 Å². The Labute approximate surface area is 171 Å². The van der Waals surface area contributed by atoms with Gasteiger partial charge in [0.15, 0.2) is 0 Å². The van der Waals surface area contributed by atoms with Gasteiger partial charge in [0, 0.05) is 30.7 Å². The number of hydrazine groups is 1. The summed E-state index contributed by atoms with van der Waals surface area (Å²) in [6.07, 6.45) is 2.40.